The van der Waals surface area contributed by atoms with Crippen molar-refractivity contribution >= 4 is 6.03 Å². The number of piperazine rings is 1. The highest BCUT2D eigenvalue weighted by molar-refractivity contribution is 5.74. The van der Waals surface area contributed by atoms with Gasteiger partial charge in [-0.15, -0.1) is 0 Å². The largest absolute Gasteiger partial charge is 0.493 e. The second-order valence-corrected chi connectivity index (χ2v) is 7.38. The third-order valence-electron chi connectivity index (χ3n) is 5.48. The van der Waals surface area contributed by atoms with Crippen molar-refractivity contribution in [3.63, 3.8) is 0 Å². The molecule has 0 aromatic heterocycles. The van der Waals surface area contributed by atoms with Gasteiger partial charge in [-0.25, -0.2) is 4.79 Å². The number of benzene rings is 2. The Morgan fingerprint density at radius 1 is 0.967 bits per heavy atom. The van der Waals surface area contributed by atoms with Crippen molar-refractivity contribution in [1.82, 2.24) is 15.1 Å². The average Bonchev–Trinajstić information content (AvgIpc) is 2.78. The van der Waals surface area contributed by atoms with E-state index in [4.69, 9.17) is 14.2 Å². The predicted octanol–water partition coefficient (Wildman–Crippen LogP) is 3.05. The monoisotopic (exact) mass is 413 g/mol. The first-order chi connectivity index (χ1) is 14.5. The molecule has 1 aliphatic heterocycles. The number of carbonyl (C=O) groups is 1. The standard InChI is InChI=1S/C23H31N3O4/c1-17-7-5-6-8-19(17)16-25-9-11-26(12-10-25)23(27)24-15-18-13-20(28-2)22(30-4)21(14-18)29-3/h5-8,13-14H,9-12,15-16H2,1-4H3,(H,24,27). The molecule has 2 aromatic rings. The van der Waals surface area contributed by atoms with Gasteiger partial charge < -0.3 is 24.4 Å². The summed E-state index contributed by atoms with van der Waals surface area (Å²) in [7, 11) is 4.73. The molecule has 30 heavy (non-hydrogen) atoms. The van der Waals surface area contributed by atoms with Gasteiger partial charge in [0.1, 0.15) is 0 Å². The summed E-state index contributed by atoms with van der Waals surface area (Å²) in [5.41, 5.74) is 3.54. The van der Waals surface area contributed by atoms with Gasteiger partial charge in [0.25, 0.3) is 0 Å². The third-order valence-corrected chi connectivity index (χ3v) is 5.48. The van der Waals surface area contributed by atoms with E-state index >= 15 is 0 Å². The topological polar surface area (TPSA) is 63.3 Å². The van der Waals surface area contributed by atoms with Crippen LogP contribution in [0.1, 0.15) is 16.7 Å². The van der Waals surface area contributed by atoms with Crippen LogP contribution >= 0.6 is 0 Å². The molecule has 1 saturated heterocycles. The molecule has 0 unspecified atom stereocenters. The number of hydrogen-bond donors (Lipinski definition) is 1. The first-order valence-electron chi connectivity index (χ1n) is 10.1. The highest BCUT2D eigenvalue weighted by Crippen LogP contribution is 2.38. The number of hydrogen-bond acceptors (Lipinski definition) is 5. The van der Waals surface area contributed by atoms with Gasteiger partial charge in [0.05, 0.1) is 21.3 Å². The summed E-state index contributed by atoms with van der Waals surface area (Å²) in [6, 6.07) is 12.1. The quantitative estimate of drug-likeness (QED) is 0.756. The Morgan fingerprint density at radius 3 is 2.17 bits per heavy atom. The summed E-state index contributed by atoms with van der Waals surface area (Å²) in [6.07, 6.45) is 0. The minimum absolute atomic E-state index is 0.0562. The predicted molar refractivity (Wildman–Crippen MR) is 116 cm³/mol. The van der Waals surface area contributed by atoms with Gasteiger partial charge in [0, 0.05) is 39.3 Å². The lowest BCUT2D eigenvalue weighted by Gasteiger charge is -2.35. The number of nitrogens with one attached hydrogen (secondary N) is 1. The Morgan fingerprint density at radius 2 is 1.60 bits per heavy atom. The number of amides is 2. The fraction of sp³-hybridized carbons (Fsp3) is 0.435. The lowest BCUT2D eigenvalue weighted by Crippen LogP contribution is -2.51. The number of urea groups is 1. The fourth-order valence-electron chi connectivity index (χ4n) is 3.66. The van der Waals surface area contributed by atoms with Crippen molar-refractivity contribution in [3.8, 4) is 17.2 Å². The molecule has 0 radical (unpaired) electrons. The third kappa shape index (κ3) is 5.16. The summed E-state index contributed by atoms with van der Waals surface area (Å²) in [5.74, 6) is 1.69. The lowest BCUT2D eigenvalue weighted by molar-refractivity contribution is 0.135. The van der Waals surface area contributed by atoms with Crippen molar-refractivity contribution in [1.29, 1.82) is 0 Å². The average molecular weight is 414 g/mol. The molecule has 2 aromatic carbocycles. The van der Waals surface area contributed by atoms with Crippen molar-refractivity contribution in [2.75, 3.05) is 47.5 Å². The van der Waals surface area contributed by atoms with Gasteiger partial charge in [0.15, 0.2) is 11.5 Å². The molecule has 1 fully saturated rings. The Bertz CT molecular complexity index is 838. The molecule has 0 atom stereocenters. The SMILES string of the molecule is COc1cc(CNC(=O)N2CCN(Cc3ccccc3C)CC2)cc(OC)c1OC. The zero-order valence-corrected chi connectivity index (χ0v) is 18.2. The molecule has 0 saturated carbocycles. The number of ether oxygens (including phenoxy) is 3. The van der Waals surface area contributed by atoms with Crippen molar-refractivity contribution in [2.45, 2.75) is 20.0 Å². The smallest absolute Gasteiger partial charge is 0.317 e. The Balaban J connectivity index is 1.52. The molecular formula is C23H31N3O4. The molecule has 0 bridgehead atoms. The van der Waals surface area contributed by atoms with Crippen LogP contribution in [-0.4, -0.2) is 63.3 Å². The van der Waals surface area contributed by atoms with Gasteiger partial charge >= 0.3 is 6.03 Å². The maximum Gasteiger partial charge on any atom is 0.317 e. The van der Waals surface area contributed by atoms with E-state index in [1.807, 2.05) is 17.0 Å². The molecule has 1 aliphatic rings. The van der Waals surface area contributed by atoms with E-state index in [1.165, 1.54) is 11.1 Å². The second-order valence-electron chi connectivity index (χ2n) is 7.38. The van der Waals surface area contributed by atoms with Crippen LogP contribution in [0.4, 0.5) is 4.79 Å². The Labute approximate surface area is 178 Å². The highest BCUT2D eigenvalue weighted by Gasteiger charge is 2.21. The van der Waals surface area contributed by atoms with E-state index in [9.17, 15) is 4.79 Å². The summed E-state index contributed by atoms with van der Waals surface area (Å²) < 4.78 is 16.1. The zero-order chi connectivity index (χ0) is 21.5. The Kier molecular flexibility index (Phi) is 7.41. The van der Waals surface area contributed by atoms with Gasteiger partial charge in [-0.2, -0.15) is 0 Å². The van der Waals surface area contributed by atoms with Gasteiger partial charge in [-0.1, -0.05) is 24.3 Å². The molecule has 162 valence electrons. The number of methoxy groups -OCH3 is 3. The molecule has 7 heteroatoms. The fourth-order valence-corrected chi connectivity index (χ4v) is 3.66. The van der Waals surface area contributed by atoms with Crippen LogP contribution in [0, 0.1) is 6.92 Å². The number of rotatable bonds is 7. The second kappa shape index (κ2) is 10.2. The van der Waals surface area contributed by atoms with Crippen molar-refractivity contribution in [2.24, 2.45) is 0 Å². The summed E-state index contributed by atoms with van der Waals surface area (Å²) >= 11 is 0. The summed E-state index contributed by atoms with van der Waals surface area (Å²) in [5, 5.41) is 3.00. The maximum atomic E-state index is 12.6. The minimum atomic E-state index is -0.0562. The molecule has 3 rings (SSSR count). The van der Waals surface area contributed by atoms with E-state index < -0.39 is 0 Å². The number of aryl methyl sites for hydroxylation is 1. The van der Waals surface area contributed by atoms with Gasteiger partial charge in [0.2, 0.25) is 5.75 Å². The first-order valence-corrected chi connectivity index (χ1v) is 10.1. The molecule has 1 heterocycles. The Hall–Kier alpha value is -2.93. The van der Waals surface area contributed by atoms with Crippen LogP contribution in [0.25, 0.3) is 0 Å². The van der Waals surface area contributed by atoms with Crippen LogP contribution in [0.15, 0.2) is 36.4 Å². The molecule has 0 aliphatic carbocycles. The molecule has 1 N–H and O–H groups in total. The van der Waals surface area contributed by atoms with Crippen LogP contribution in [-0.2, 0) is 13.1 Å². The first kappa shape index (κ1) is 21.8. The van der Waals surface area contributed by atoms with Gasteiger partial charge in [-0.3, -0.25) is 4.90 Å². The zero-order valence-electron chi connectivity index (χ0n) is 18.2. The van der Waals surface area contributed by atoms with Crippen LogP contribution in [0.3, 0.4) is 0 Å². The summed E-state index contributed by atoms with van der Waals surface area (Å²) in [6.45, 7) is 6.62. The van der Waals surface area contributed by atoms with Crippen LogP contribution < -0.4 is 19.5 Å². The van der Waals surface area contributed by atoms with Crippen LogP contribution in [0.2, 0.25) is 0 Å². The number of carbonyl (C=O) groups excluding carboxylic acids is 1. The molecule has 7 nitrogen and oxygen atoms in total. The number of nitrogens with zero attached hydrogens (tertiary/aromatic N) is 2. The summed E-state index contributed by atoms with van der Waals surface area (Å²) in [4.78, 5) is 16.9. The van der Waals surface area contributed by atoms with E-state index in [2.05, 4.69) is 41.4 Å². The van der Waals surface area contributed by atoms with E-state index in [0.717, 1.165) is 25.2 Å². The van der Waals surface area contributed by atoms with E-state index in [0.29, 0.717) is 36.9 Å². The van der Waals surface area contributed by atoms with Crippen molar-refractivity contribution in [3.05, 3.63) is 53.1 Å². The molecule has 0 spiro atoms. The molecule has 2 amide bonds. The van der Waals surface area contributed by atoms with Gasteiger partial charge in [-0.05, 0) is 35.7 Å². The molecular weight excluding hydrogens is 382 g/mol. The maximum absolute atomic E-state index is 12.6. The highest BCUT2D eigenvalue weighted by atomic mass is 16.5. The minimum Gasteiger partial charge on any atom is -0.493 e. The van der Waals surface area contributed by atoms with Crippen molar-refractivity contribution < 1.29 is 19.0 Å². The lowest BCUT2D eigenvalue weighted by atomic mass is 10.1. The normalized spacial score (nSPS) is 14.3. The van der Waals surface area contributed by atoms with Crippen LogP contribution in [0.5, 0.6) is 17.2 Å². The van der Waals surface area contributed by atoms with E-state index in [1.54, 1.807) is 21.3 Å². The van der Waals surface area contributed by atoms with E-state index in [-0.39, 0.29) is 6.03 Å².